The van der Waals surface area contributed by atoms with Crippen molar-refractivity contribution in [1.82, 2.24) is 0 Å². The van der Waals surface area contributed by atoms with Crippen molar-refractivity contribution in [3.8, 4) is 6.07 Å². The topological polar surface area (TPSA) is 54.0 Å². The largest absolute Gasteiger partial charge is 0.422 e. The average molecular weight is 337 g/mol. The normalized spacial score (nSPS) is 11.2. The van der Waals surface area contributed by atoms with E-state index in [2.05, 4.69) is 18.2 Å². The van der Waals surface area contributed by atoms with Crippen molar-refractivity contribution in [1.29, 1.82) is 5.26 Å². The molecule has 4 rings (SSSR count). The lowest BCUT2D eigenvalue weighted by Crippen LogP contribution is -2.06. The highest BCUT2D eigenvalue weighted by molar-refractivity contribution is 5.96. The third-order valence-corrected chi connectivity index (χ3v) is 4.47. The highest BCUT2D eigenvalue weighted by atomic mass is 16.4. The first kappa shape index (κ1) is 15.9. The molecule has 3 aromatic carbocycles. The molecule has 0 fully saturated rings. The molecular weight excluding hydrogens is 322 g/mol. The Bertz CT molecular complexity index is 1270. The number of hydrogen-bond donors (Lipinski definition) is 0. The van der Waals surface area contributed by atoms with E-state index in [0.29, 0.717) is 11.1 Å². The molecule has 0 aliphatic heterocycles. The minimum absolute atomic E-state index is 0.0274. The van der Waals surface area contributed by atoms with Crippen LogP contribution < -0.4 is 5.63 Å². The zero-order valence-electron chi connectivity index (χ0n) is 14.2. The number of aryl methyl sites for hydroxylation is 1. The molecule has 0 unspecified atom stereocenters. The molecule has 26 heavy (non-hydrogen) atoms. The van der Waals surface area contributed by atoms with E-state index < -0.39 is 5.63 Å². The minimum atomic E-state index is -0.610. The van der Waals surface area contributed by atoms with Crippen LogP contribution in [0, 0.1) is 18.3 Å². The second-order valence-electron chi connectivity index (χ2n) is 6.19. The summed E-state index contributed by atoms with van der Waals surface area (Å²) < 4.78 is 5.29. The molecule has 1 aromatic heterocycles. The minimum Gasteiger partial charge on any atom is -0.422 e. The molecule has 0 spiro atoms. The van der Waals surface area contributed by atoms with Crippen molar-refractivity contribution < 1.29 is 4.42 Å². The molecule has 0 saturated carbocycles. The quantitative estimate of drug-likeness (QED) is 0.467. The first-order valence-electron chi connectivity index (χ1n) is 8.31. The molecule has 0 radical (unpaired) electrons. The van der Waals surface area contributed by atoms with Gasteiger partial charge in [-0.3, -0.25) is 0 Å². The van der Waals surface area contributed by atoms with Gasteiger partial charge in [-0.25, -0.2) is 4.79 Å². The van der Waals surface area contributed by atoms with Crippen molar-refractivity contribution in [2.24, 2.45) is 0 Å². The van der Waals surface area contributed by atoms with E-state index in [1.165, 1.54) is 0 Å². The van der Waals surface area contributed by atoms with Crippen LogP contribution in [0.1, 0.15) is 22.3 Å². The Balaban J connectivity index is 1.97. The van der Waals surface area contributed by atoms with Crippen LogP contribution >= 0.6 is 0 Å². The van der Waals surface area contributed by atoms with Gasteiger partial charge in [-0.05, 0) is 35.4 Å². The molecule has 0 N–H and O–H groups in total. The Morgan fingerprint density at radius 1 is 0.962 bits per heavy atom. The SMILES string of the molecule is Cc1ccc2oc(=O)c(C#N)c(/C=C/c3cccc4ccccc34)c2c1. The average Bonchev–Trinajstić information content (AvgIpc) is 2.66. The third kappa shape index (κ3) is 2.68. The molecular formula is C23H15NO2. The monoisotopic (exact) mass is 337 g/mol. The summed E-state index contributed by atoms with van der Waals surface area (Å²) in [5.41, 5.74) is 2.56. The molecule has 0 amide bonds. The van der Waals surface area contributed by atoms with Gasteiger partial charge in [0.2, 0.25) is 0 Å². The van der Waals surface area contributed by atoms with Crippen molar-refractivity contribution in [3.63, 3.8) is 0 Å². The van der Waals surface area contributed by atoms with E-state index in [9.17, 15) is 10.1 Å². The molecule has 3 nitrogen and oxygen atoms in total. The highest BCUT2D eigenvalue weighted by Gasteiger charge is 2.12. The zero-order valence-corrected chi connectivity index (χ0v) is 14.2. The summed E-state index contributed by atoms with van der Waals surface area (Å²) in [6, 6.07) is 21.8. The van der Waals surface area contributed by atoms with E-state index in [0.717, 1.165) is 27.3 Å². The van der Waals surface area contributed by atoms with E-state index in [-0.39, 0.29) is 5.56 Å². The summed E-state index contributed by atoms with van der Waals surface area (Å²) in [5, 5.41) is 12.5. The molecule has 0 aliphatic carbocycles. The molecule has 4 aromatic rings. The standard InChI is InChI=1S/C23H15NO2/c1-15-9-12-22-20(13-15)19(21(14-24)23(25)26-22)11-10-17-7-4-6-16-5-2-3-8-18(16)17/h2-13H,1H3/b11-10+. The van der Waals surface area contributed by atoms with E-state index in [1.54, 1.807) is 6.07 Å². The second kappa shape index (κ2) is 6.34. The van der Waals surface area contributed by atoms with Gasteiger partial charge in [0.15, 0.2) is 0 Å². The summed E-state index contributed by atoms with van der Waals surface area (Å²) >= 11 is 0. The third-order valence-electron chi connectivity index (χ3n) is 4.47. The summed E-state index contributed by atoms with van der Waals surface area (Å²) in [5.74, 6) is 0. The fourth-order valence-corrected chi connectivity index (χ4v) is 3.19. The van der Waals surface area contributed by atoms with Crippen LogP contribution in [0.3, 0.4) is 0 Å². The molecule has 0 bridgehead atoms. The van der Waals surface area contributed by atoms with Gasteiger partial charge in [-0.1, -0.05) is 66.2 Å². The summed E-state index contributed by atoms with van der Waals surface area (Å²) in [7, 11) is 0. The van der Waals surface area contributed by atoms with Crippen LogP contribution in [0.5, 0.6) is 0 Å². The Kier molecular flexibility index (Phi) is 3.87. The molecule has 0 saturated heterocycles. The Labute approximate surface area is 150 Å². The molecule has 0 atom stereocenters. The van der Waals surface area contributed by atoms with E-state index in [1.807, 2.05) is 61.5 Å². The van der Waals surface area contributed by atoms with Crippen molar-refractivity contribution in [2.75, 3.05) is 0 Å². The first-order valence-corrected chi connectivity index (χ1v) is 8.31. The summed E-state index contributed by atoms with van der Waals surface area (Å²) in [6.07, 6.45) is 3.78. The van der Waals surface area contributed by atoms with Crippen LogP contribution in [-0.2, 0) is 0 Å². The lowest BCUT2D eigenvalue weighted by atomic mass is 10.00. The predicted octanol–water partition coefficient (Wildman–Crippen LogP) is 5.30. The Morgan fingerprint density at radius 3 is 2.62 bits per heavy atom. The number of nitriles is 1. The lowest BCUT2D eigenvalue weighted by Gasteiger charge is -2.05. The van der Waals surface area contributed by atoms with Gasteiger partial charge in [0.1, 0.15) is 17.2 Å². The van der Waals surface area contributed by atoms with Gasteiger partial charge in [-0.2, -0.15) is 5.26 Å². The molecule has 124 valence electrons. The van der Waals surface area contributed by atoms with Gasteiger partial charge in [0, 0.05) is 10.9 Å². The van der Waals surface area contributed by atoms with Crippen LogP contribution in [-0.4, -0.2) is 0 Å². The fourth-order valence-electron chi connectivity index (χ4n) is 3.19. The van der Waals surface area contributed by atoms with Gasteiger partial charge in [-0.15, -0.1) is 0 Å². The maximum atomic E-state index is 12.2. The van der Waals surface area contributed by atoms with Crippen molar-refractivity contribution in [3.05, 3.63) is 93.3 Å². The van der Waals surface area contributed by atoms with Gasteiger partial charge < -0.3 is 4.42 Å². The predicted molar refractivity (Wildman–Crippen MR) is 105 cm³/mol. The molecule has 1 heterocycles. The Morgan fingerprint density at radius 2 is 1.77 bits per heavy atom. The van der Waals surface area contributed by atoms with Crippen LogP contribution in [0.4, 0.5) is 0 Å². The Hall–Kier alpha value is -3.64. The zero-order chi connectivity index (χ0) is 18.1. The van der Waals surface area contributed by atoms with E-state index in [4.69, 9.17) is 4.42 Å². The fraction of sp³-hybridized carbons (Fsp3) is 0.0435. The number of benzene rings is 3. The van der Waals surface area contributed by atoms with Gasteiger partial charge in [0.05, 0.1) is 0 Å². The lowest BCUT2D eigenvalue weighted by molar-refractivity contribution is 0.558. The number of hydrogen-bond acceptors (Lipinski definition) is 3. The smallest absolute Gasteiger partial charge is 0.354 e. The summed E-state index contributed by atoms with van der Waals surface area (Å²) in [6.45, 7) is 1.97. The van der Waals surface area contributed by atoms with Crippen molar-refractivity contribution in [2.45, 2.75) is 6.92 Å². The maximum absolute atomic E-state index is 12.2. The molecule has 0 aliphatic rings. The van der Waals surface area contributed by atoms with Crippen LogP contribution in [0.15, 0.2) is 69.9 Å². The van der Waals surface area contributed by atoms with Gasteiger partial charge in [0.25, 0.3) is 0 Å². The second-order valence-corrected chi connectivity index (χ2v) is 6.19. The highest BCUT2D eigenvalue weighted by Crippen LogP contribution is 2.25. The molecule has 3 heteroatoms. The maximum Gasteiger partial charge on any atom is 0.354 e. The van der Waals surface area contributed by atoms with Crippen molar-refractivity contribution >= 4 is 33.9 Å². The van der Waals surface area contributed by atoms with E-state index >= 15 is 0 Å². The first-order chi connectivity index (χ1) is 12.7. The summed E-state index contributed by atoms with van der Waals surface area (Å²) in [4.78, 5) is 12.2. The van der Waals surface area contributed by atoms with Crippen LogP contribution in [0.25, 0.3) is 33.9 Å². The van der Waals surface area contributed by atoms with Crippen LogP contribution in [0.2, 0.25) is 0 Å². The number of rotatable bonds is 2. The number of nitrogens with zero attached hydrogens (tertiary/aromatic N) is 1. The van der Waals surface area contributed by atoms with Gasteiger partial charge >= 0.3 is 5.63 Å². The number of fused-ring (bicyclic) bond motifs is 2.